The minimum atomic E-state index is -4.45. The fraction of sp³-hybridized carbons (Fsp3) is 0.176. The summed E-state index contributed by atoms with van der Waals surface area (Å²) in [5.41, 5.74) is 2.14. The van der Waals surface area contributed by atoms with Gasteiger partial charge in [-0.05, 0) is 51.8 Å². The maximum Gasteiger partial charge on any atom is 0.416 e. The Kier molecular flexibility index (Phi) is 6.67. The number of nitrogens with one attached hydrogen (secondary N) is 2. The number of hydrazone groups is 1. The molecule has 0 aliphatic rings. The van der Waals surface area contributed by atoms with E-state index in [9.17, 15) is 23.1 Å². The van der Waals surface area contributed by atoms with Crippen LogP contribution in [0.15, 0.2) is 46.0 Å². The summed E-state index contributed by atoms with van der Waals surface area (Å²) in [7, 11) is 1.39. The highest BCUT2D eigenvalue weighted by Gasteiger charge is 2.30. The first-order valence-corrected chi connectivity index (χ1v) is 8.29. The number of hydrogen-bond donors (Lipinski definition) is 3. The smallest absolute Gasteiger partial charge is 0.416 e. The molecule has 0 radical (unpaired) electrons. The fourth-order valence-electron chi connectivity index (χ4n) is 2.03. The number of alkyl halides is 3. The van der Waals surface area contributed by atoms with E-state index in [0.717, 1.165) is 12.1 Å². The van der Waals surface area contributed by atoms with Gasteiger partial charge in [0.15, 0.2) is 11.5 Å². The van der Waals surface area contributed by atoms with Crippen LogP contribution >= 0.6 is 15.9 Å². The van der Waals surface area contributed by atoms with Crippen LogP contribution in [0.4, 0.5) is 18.9 Å². The summed E-state index contributed by atoms with van der Waals surface area (Å²) in [5, 5.41) is 16.1. The van der Waals surface area contributed by atoms with E-state index in [0.29, 0.717) is 10.0 Å². The number of benzene rings is 2. The number of anilines is 1. The Morgan fingerprint density at radius 2 is 2.07 bits per heavy atom. The van der Waals surface area contributed by atoms with Crippen LogP contribution in [-0.2, 0) is 11.0 Å². The Balaban J connectivity index is 1.92. The summed E-state index contributed by atoms with van der Waals surface area (Å²) in [6, 6.07) is 7.60. The number of ether oxygens (including phenoxy) is 1. The van der Waals surface area contributed by atoms with E-state index in [2.05, 4.69) is 31.8 Å². The van der Waals surface area contributed by atoms with Crippen molar-refractivity contribution in [2.24, 2.45) is 5.10 Å². The molecular weight excluding hydrogens is 431 g/mol. The van der Waals surface area contributed by atoms with Crippen LogP contribution in [0.3, 0.4) is 0 Å². The molecule has 2 aromatic rings. The van der Waals surface area contributed by atoms with E-state index in [1.165, 1.54) is 31.5 Å². The van der Waals surface area contributed by atoms with E-state index in [4.69, 9.17) is 4.74 Å². The van der Waals surface area contributed by atoms with E-state index in [-0.39, 0.29) is 23.7 Å². The third-order valence-electron chi connectivity index (χ3n) is 3.32. The molecule has 0 heterocycles. The van der Waals surface area contributed by atoms with Gasteiger partial charge in [-0.1, -0.05) is 6.07 Å². The predicted octanol–water partition coefficient (Wildman–Crippen LogP) is 3.74. The van der Waals surface area contributed by atoms with Crippen LogP contribution in [0.2, 0.25) is 0 Å². The first-order chi connectivity index (χ1) is 12.7. The summed E-state index contributed by atoms with van der Waals surface area (Å²) in [5.74, 6) is -0.388. The summed E-state index contributed by atoms with van der Waals surface area (Å²) < 4.78 is 43.3. The Bertz CT molecular complexity index is 857. The lowest BCUT2D eigenvalue weighted by molar-refractivity contribution is -0.137. The largest absolute Gasteiger partial charge is 0.503 e. The molecule has 3 N–H and O–H groups in total. The number of rotatable bonds is 6. The van der Waals surface area contributed by atoms with Crippen molar-refractivity contribution in [2.75, 3.05) is 19.0 Å². The van der Waals surface area contributed by atoms with Gasteiger partial charge in [-0.25, -0.2) is 5.43 Å². The topological polar surface area (TPSA) is 83.0 Å². The highest BCUT2D eigenvalue weighted by atomic mass is 79.9. The third-order valence-corrected chi connectivity index (χ3v) is 3.92. The van der Waals surface area contributed by atoms with Crippen molar-refractivity contribution >= 4 is 33.7 Å². The average molecular weight is 446 g/mol. The van der Waals surface area contributed by atoms with Gasteiger partial charge in [0.25, 0.3) is 5.91 Å². The minimum absolute atomic E-state index is 0.0658. The van der Waals surface area contributed by atoms with E-state index < -0.39 is 17.6 Å². The number of phenolic OH excluding ortho intramolecular Hbond substituents is 1. The van der Waals surface area contributed by atoms with Crippen molar-refractivity contribution < 1.29 is 27.8 Å². The molecular formula is C17H15BrF3N3O3. The molecule has 1 amide bonds. The number of nitrogens with zero attached hydrogens (tertiary/aromatic N) is 1. The van der Waals surface area contributed by atoms with Crippen molar-refractivity contribution in [1.82, 2.24) is 5.43 Å². The number of phenols is 1. The van der Waals surface area contributed by atoms with E-state index in [1.54, 1.807) is 6.07 Å². The molecule has 6 nitrogen and oxygen atoms in total. The van der Waals surface area contributed by atoms with Gasteiger partial charge in [0.05, 0.1) is 29.9 Å². The number of halogens is 4. The van der Waals surface area contributed by atoms with Crippen molar-refractivity contribution in [2.45, 2.75) is 6.18 Å². The molecule has 27 heavy (non-hydrogen) atoms. The van der Waals surface area contributed by atoms with Gasteiger partial charge < -0.3 is 15.2 Å². The lowest BCUT2D eigenvalue weighted by Gasteiger charge is -2.10. The van der Waals surface area contributed by atoms with Gasteiger partial charge in [-0.15, -0.1) is 0 Å². The monoisotopic (exact) mass is 445 g/mol. The van der Waals surface area contributed by atoms with Crippen LogP contribution in [0.1, 0.15) is 11.1 Å². The first-order valence-electron chi connectivity index (χ1n) is 7.50. The molecule has 0 bridgehead atoms. The first kappa shape index (κ1) is 20.6. The summed E-state index contributed by atoms with van der Waals surface area (Å²) in [6.45, 7) is -0.263. The molecule has 0 spiro atoms. The molecule has 144 valence electrons. The standard InChI is InChI=1S/C17H15BrF3N3O3/c1-27-14-6-10(5-13(18)16(14)26)8-23-24-15(25)9-22-12-4-2-3-11(7-12)17(19,20)21/h2-8,22,26H,9H2,1H3,(H,24,25)/b23-8-. The van der Waals surface area contributed by atoms with Gasteiger partial charge >= 0.3 is 6.18 Å². The van der Waals surface area contributed by atoms with Crippen molar-refractivity contribution in [3.63, 3.8) is 0 Å². The molecule has 2 rings (SSSR count). The number of carbonyl (C=O) groups is 1. The molecule has 0 saturated heterocycles. The summed E-state index contributed by atoms with van der Waals surface area (Å²) >= 11 is 3.16. The highest BCUT2D eigenvalue weighted by Crippen LogP contribution is 2.34. The zero-order valence-electron chi connectivity index (χ0n) is 14.0. The van der Waals surface area contributed by atoms with Crippen LogP contribution in [0.5, 0.6) is 11.5 Å². The highest BCUT2D eigenvalue weighted by molar-refractivity contribution is 9.10. The lowest BCUT2D eigenvalue weighted by Crippen LogP contribution is -2.26. The maximum atomic E-state index is 12.6. The van der Waals surface area contributed by atoms with Crippen LogP contribution < -0.4 is 15.5 Å². The second-order valence-electron chi connectivity index (χ2n) is 5.28. The molecule has 0 atom stereocenters. The van der Waals surface area contributed by atoms with Crippen molar-refractivity contribution in [1.29, 1.82) is 0 Å². The normalized spacial score (nSPS) is 11.4. The third kappa shape index (κ3) is 5.88. The van der Waals surface area contributed by atoms with Crippen LogP contribution in [0.25, 0.3) is 0 Å². The molecule has 0 saturated carbocycles. The zero-order valence-corrected chi connectivity index (χ0v) is 15.6. The lowest BCUT2D eigenvalue weighted by atomic mass is 10.2. The number of methoxy groups -OCH3 is 1. The molecule has 10 heteroatoms. The second kappa shape index (κ2) is 8.76. The molecule has 0 aromatic heterocycles. The molecule has 0 unspecified atom stereocenters. The Hall–Kier alpha value is -2.75. The van der Waals surface area contributed by atoms with Crippen molar-refractivity contribution in [3.05, 3.63) is 52.0 Å². The second-order valence-corrected chi connectivity index (χ2v) is 6.13. The van der Waals surface area contributed by atoms with Crippen molar-refractivity contribution in [3.8, 4) is 11.5 Å². The van der Waals surface area contributed by atoms with Crippen LogP contribution in [0, 0.1) is 0 Å². The Labute approximate surface area is 161 Å². The summed E-state index contributed by atoms with van der Waals surface area (Å²) in [6.07, 6.45) is -3.13. The number of carbonyl (C=O) groups excluding carboxylic acids is 1. The molecule has 0 aliphatic heterocycles. The van der Waals surface area contributed by atoms with Gasteiger partial charge in [0.1, 0.15) is 0 Å². The Morgan fingerprint density at radius 3 is 2.74 bits per heavy atom. The predicted molar refractivity (Wildman–Crippen MR) is 98.0 cm³/mol. The molecule has 0 aliphatic carbocycles. The number of aromatic hydroxyl groups is 1. The van der Waals surface area contributed by atoms with Gasteiger partial charge in [-0.2, -0.15) is 18.3 Å². The quantitative estimate of drug-likeness (QED) is 0.467. The fourth-order valence-corrected chi connectivity index (χ4v) is 2.49. The van der Waals surface area contributed by atoms with Gasteiger partial charge in [0.2, 0.25) is 0 Å². The number of amides is 1. The Morgan fingerprint density at radius 1 is 1.33 bits per heavy atom. The minimum Gasteiger partial charge on any atom is -0.503 e. The van der Waals surface area contributed by atoms with Gasteiger partial charge in [0, 0.05) is 5.69 Å². The van der Waals surface area contributed by atoms with Crippen LogP contribution in [-0.4, -0.2) is 30.9 Å². The van der Waals surface area contributed by atoms with Gasteiger partial charge in [-0.3, -0.25) is 4.79 Å². The molecule has 2 aromatic carbocycles. The van der Waals surface area contributed by atoms with E-state index >= 15 is 0 Å². The number of hydrogen-bond acceptors (Lipinski definition) is 5. The summed E-state index contributed by atoms with van der Waals surface area (Å²) in [4.78, 5) is 11.7. The zero-order chi connectivity index (χ0) is 20.0. The molecule has 0 fully saturated rings. The average Bonchev–Trinajstić information content (AvgIpc) is 2.62. The SMILES string of the molecule is COc1cc(/C=N\NC(=O)CNc2cccc(C(F)(F)F)c2)cc(Br)c1O. The maximum absolute atomic E-state index is 12.6. The van der Waals surface area contributed by atoms with E-state index in [1.807, 2.05) is 0 Å².